The van der Waals surface area contributed by atoms with Crippen molar-refractivity contribution in [3.63, 3.8) is 0 Å². The van der Waals surface area contributed by atoms with Crippen LogP contribution in [-0.2, 0) is 9.47 Å². The maximum Gasteiger partial charge on any atom is 0.419 e. The predicted molar refractivity (Wildman–Crippen MR) is 82.1 cm³/mol. The van der Waals surface area contributed by atoms with Gasteiger partial charge in [0.25, 0.3) is 0 Å². The fourth-order valence-corrected chi connectivity index (χ4v) is 2.15. The Bertz CT molecular complexity index is 726. The second kappa shape index (κ2) is 5.79. The summed E-state index contributed by atoms with van der Waals surface area (Å²) in [5.74, 6) is -0.457. The van der Waals surface area contributed by atoms with Gasteiger partial charge >= 0.3 is 12.1 Å². The Labute approximate surface area is 129 Å². The molecule has 2 rings (SSSR count). The highest BCUT2D eigenvalue weighted by atomic mass is 16.6. The summed E-state index contributed by atoms with van der Waals surface area (Å²) in [6.07, 6.45) is 2.54. The number of fused-ring (bicyclic) bond motifs is 1. The van der Waals surface area contributed by atoms with Crippen molar-refractivity contribution in [3.8, 4) is 0 Å². The van der Waals surface area contributed by atoms with Crippen molar-refractivity contribution in [2.24, 2.45) is 0 Å². The third-order valence-electron chi connectivity index (χ3n) is 2.99. The Morgan fingerprint density at radius 2 is 2.00 bits per heavy atom. The van der Waals surface area contributed by atoms with E-state index in [1.165, 1.54) is 10.8 Å². The fraction of sp³-hybridized carbons (Fsp3) is 0.438. The topological polar surface area (TPSA) is 70.4 Å². The molecule has 0 saturated carbocycles. The zero-order chi connectivity index (χ0) is 16.5. The highest BCUT2D eigenvalue weighted by Gasteiger charge is 2.22. The van der Waals surface area contributed by atoms with E-state index < -0.39 is 17.7 Å². The summed E-state index contributed by atoms with van der Waals surface area (Å²) in [4.78, 5) is 28.5. The molecule has 0 unspecified atom stereocenters. The Kier molecular flexibility index (Phi) is 4.21. The van der Waals surface area contributed by atoms with Gasteiger partial charge < -0.3 is 9.47 Å². The van der Waals surface area contributed by atoms with E-state index in [0.717, 1.165) is 0 Å². The molecule has 0 radical (unpaired) electrons. The smallest absolute Gasteiger partial charge is 0.419 e. The van der Waals surface area contributed by atoms with Crippen LogP contribution in [0.15, 0.2) is 18.5 Å². The minimum Gasteiger partial charge on any atom is -0.462 e. The standard InChI is InChI=1S/C16H20N2O4/c1-6-21-14(19)12-9-17-10(2)13-11(12)7-8-18(13)15(20)22-16(3,4)5/h7-9H,6H2,1-5H3. The summed E-state index contributed by atoms with van der Waals surface area (Å²) in [5, 5.41) is 0.622. The van der Waals surface area contributed by atoms with Crippen molar-refractivity contribution in [1.82, 2.24) is 9.55 Å². The van der Waals surface area contributed by atoms with Crippen LogP contribution >= 0.6 is 0 Å². The summed E-state index contributed by atoms with van der Waals surface area (Å²) in [6.45, 7) is 9.19. The van der Waals surface area contributed by atoms with E-state index in [-0.39, 0.29) is 6.61 Å². The number of hydrogen-bond donors (Lipinski definition) is 0. The Hall–Kier alpha value is -2.37. The normalized spacial score (nSPS) is 11.5. The van der Waals surface area contributed by atoms with Crippen molar-refractivity contribution in [2.45, 2.75) is 40.2 Å². The molecule has 0 aliphatic carbocycles. The lowest BCUT2D eigenvalue weighted by atomic mass is 10.1. The van der Waals surface area contributed by atoms with Gasteiger partial charge in [-0.15, -0.1) is 0 Å². The van der Waals surface area contributed by atoms with Gasteiger partial charge in [-0.1, -0.05) is 0 Å². The summed E-state index contributed by atoms with van der Waals surface area (Å²) >= 11 is 0. The first-order valence-corrected chi connectivity index (χ1v) is 7.11. The van der Waals surface area contributed by atoms with E-state index in [0.29, 0.717) is 22.2 Å². The van der Waals surface area contributed by atoms with E-state index in [9.17, 15) is 9.59 Å². The van der Waals surface area contributed by atoms with Gasteiger partial charge in [-0.3, -0.25) is 9.55 Å². The van der Waals surface area contributed by atoms with Gasteiger partial charge in [0, 0.05) is 17.8 Å². The molecular weight excluding hydrogens is 284 g/mol. The molecule has 0 N–H and O–H groups in total. The summed E-state index contributed by atoms with van der Waals surface area (Å²) in [6, 6.07) is 1.69. The molecule has 0 aromatic carbocycles. The van der Waals surface area contributed by atoms with E-state index in [4.69, 9.17) is 9.47 Å². The Morgan fingerprint density at radius 3 is 2.59 bits per heavy atom. The monoisotopic (exact) mass is 304 g/mol. The quantitative estimate of drug-likeness (QED) is 0.796. The Balaban J connectivity index is 2.53. The molecule has 22 heavy (non-hydrogen) atoms. The van der Waals surface area contributed by atoms with E-state index in [1.54, 1.807) is 46.9 Å². The molecule has 0 fully saturated rings. The van der Waals surface area contributed by atoms with Crippen molar-refractivity contribution < 1.29 is 19.1 Å². The molecule has 2 heterocycles. The maximum atomic E-state index is 12.3. The first-order chi connectivity index (χ1) is 10.2. The minimum atomic E-state index is -0.603. The molecule has 0 spiro atoms. The lowest BCUT2D eigenvalue weighted by molar-refractivity contribution is 0.0521. The molecule has 118 valence electrons. The molecule has 0 aliphatic rings. The number of carbonyl (C=O) groups excluding carboxylic acids is 2. The predicted octanol–water partition coefficient (Wildman–Crippen LogP) is 3.30. The first-order valence-electron chi connectivity index (χ1n) is 7.11. The van der Waals surface area contributed by atoms with Gasteiger partial charge in [0.1, 0.15) is 5.60 Å². The van der Waals surface area contributed by atoms with Gasteiger partial charge in [-0.2, -0.15) is 0 Å². The van der Waals surface area contributed by atoms with Crippen LogP contribution in [0.5, 0.6) is 0 Å². The molecule has 2 aromatic heterocycles. The largest absolute Gasteiger partial charge is 0.462 e. The highest BCUT2D eigenvalue weighted by Crippen LogP contribution is 2.24. The first kappa shape index (κ1) is 16.0. The zero-order valence-electron chi connectivity index (χ0n) is 13.5. The number of aryl methyl sites for hydroxylation is 1. The van der Waals surface area contributed by atoms with Crippen LogP contribution in [0.2, 0.25) is 0 Å². The average molecular weight is 304 g/mol. The number of aromatic nitrogens is 2. The van der Waals surface area contributed by atoms with Crippen LogP contribution < -0.4 is 0 Å². The van der Waals surface area contributed by atoms with Crippen molar-refractivity contribution in [3.05, 3.63) is 29.7 Å². The molecule has 6 nitrogen and oxygen atoms in total. The average Bonchev–Trinajstić information content (AvgIpc) is 2.83. The zero-order valence-corrected chi connectivity index (χ0v) is 13.5. The fourth-order valence-electron chi connectivity index (χ4n) is 2.15. The third kappa shape index (κ3) is 3.10. The van der Waals surface area contributed by atoms with Crippen LogP contribution in [0, 0.1) is 6.92 Å². The molecular formula is C16H20N2O4. The van der Waals surface area contributed by atoms with Crippen LogP contribution in [0.25, 0.3) is 10.9 Å². The maximum absolute atomic E-state index is 12.3. The van der Waals surface area contributed by atoms with Crippen molar-refractivity contribution in [1.29, 1.82) is 0 Å². The number of hydrogen-bond acceptors (Lipinski definition) is 5. The second-order valence-electron chi connectivity index (χ2n) is 5.91. The Morgan fingerprint density at radius 1 is 1.32 bits per heavy atom. The molecule has 0 amide bonds. The molecule has 0 saturated heterocycles. The molecule has 0 bridgehead atoms. The summed E-state index contributed by atoms with van der Waals surface area (Å²) in [5.41, 5.74) is 0.928. The van der Waals surface area contributed by atoms with Crippen molar-refractivity contribution >= 4 is 23.0 Å². The highest BCUT2D eigenvalue weighted by molar-refractivity contribution is 6.05. The number of esters is 1. The van der Waals surface area contributed by atoms with Gasteiger partial charge in [0.2, 0.25) is 0 Å². The van der Waals surface area contributed by atoms with Gasteiger partial charge in [-0.05, 0) is 40.7 Å². The number of nitrogens with zero attached hydrogens (tertiary/aromatic N) is 2. The minimum absolute atomic E-state index is 0.279. The SMILES string of the molecule is CCOC(=O)c1cnc(C)c2c1ccn2C(=O)OC(C)(C)C. The number of carbonyl (C=O) groups is 2. The number of pyridine rings is 1. The van der Waals surface area contributed by atoms with Gasteiger partial charge in [-0.25, -0.2) is 9.59 Å². The van der Waals surface area contributed by atoms with E-state index in [1.807, 2.05) is 0 Å². The lowest BCUT2D eigenvalue weighted by Gasteiger charge is -2.20. The van der Waals surface area contributed by atoms with Crippen LogP contribution in [0.3, 0.4) is 0 Å². The van der Waals surface area contributed by atoms with E-state index >= 15 is 0 Å². The summed E-state index contributed by atoms with van der Waals surface area (Å²) in [7, 11) is 0. The number of rotatable bonds is 2. The third-order valence-corrected chi connectivity index (χ3v) is 2.99. The molecule has 0 aliphatic heterocycles. The van der Waals surface area contributed by atoms with Gasteiger partial charge in [0.05, 0.1) is 23.4 Å². The van der Waals surface area contributed by atoms with Gasteiger partial charge in [0.15, 0.2) is 0 Å². The number of ether oxygens (including phenoxy) is 2. The molecule has 2 aromatic rings. The van der Waals surface area contributed by atoms with Crippen molar-refractivity contribution in [2.75, 3.05) is 6.61 Å². The summed E-state index contributed by atoms with van der Waals surface area (Å²) < 4.78 is 11.8. The van der Waals surface area contributed by atoms with Crippen LogP contribution in [-0.4, -0.2) is 33.8 Å². The molecule has 6 heteroatoms. The second-order valence-corrected chi connectivity index (χ2v) is 5.91. The van der Waals surface area contributed by atoms with Crippen LogP contribution in [0.1, 0.15) is 43.7 Å². The molecule has 0 atom stereocenters. The van der Waals surface area contributed by atoms with E-state index in [2.05, 4.69) is 4.98 Å². The van der Waals surface area contributed by atoms with Crippen LogP contribution in [0.4, 0.5) is 4.79 Å². The lowest BCUT2D eigenvalue weighted by Crippen LogP contribution is -2.27.